The lowest BCUT2D eigenvalue weighted by Crippen LogP contribution is -2.19. The number of hydrogen-bond donors (Lipinski definition) is 0. The van der Waals surface area contributed by atoms with Crippen LogP contribution in [0.4, 0.5) is 0 Å². The summed E-state index contributed by atoms with van der Waals surface area (Å²) in [4.78, 5) is 35.4. The molecule has 1 rings (SSSR count). The van der Waals surface area contributed by atoms with Gasteiger partial charge in [-0.2, -0.15) is 0 Å². The Hall–Kier alpha value is -2.87. The van der Waals surface area contributed by atoms with E-state index in [0.29, 0.717) is 6.42 Å². The van der Waals surface area contributed by atoms with Gasteiger partial charge in [0.05, 0.1) is 13.2 Å². The van der Waals surface area contributed by atoms with Crippen LogP contribution in [0.15, 0.2) is 42.0 Å². The molecule has 0 aliphatic heterocycles. The maximum atomic E-state index is 11.9. The summed E-state index contributed by atoms with van der Waals surface area (Å²) >= 11 is 0. The average molecular weight is 328 g/mol. The molecule has 0 atom stereocenters. The van der Waals surface area contributed by atoms with Gasteiger partial charge < -0.3 is 9.47 Å². The van der Waals surface area contributed by atoms with Crippen molar-refractivity contribution in [2.24, 2.45) is 0 Å². The zero-order valence-electron chi connectivity index (χ0n) is 13.8. The van der Waals surface area contributed by atoms with Crippen molar-refractivity contribution in [3.63, 3.8) is 0 Å². The number of carbonyl (C=O) groups excluding carboxylic acids is 3. The zero-order chi connectivity index (χ0) is 17.8. The van der Waals surface area contributed by atoms with Gasteiger partial charge in [-0.15, -0.1) is 0 Å². The number of hydrogen-bond acceptors (Lipinski definition) is 5. The van der Waals surface area contributed by atoms with Crippen LogP contribution in [0.2, 0.25) is 0 Å². The number of allylic oxidation sites excluding steroid dienone is 1. The summed E-state index contributed by atoms with van der Waals surface area (Å²) in [5.41, 5.74) is 0.471. The van der Waals surface area contributed by atoms with Crippen molar-refractivity contribution in [1.82, 2.24) is 0 Å². The van der Waals surface area contributed by atoms with Crippen LogP contribution in [-0.4, -0.2) is 30.9 Å². The number of ether oxygens (including phenoxy) is 2. The average Bonchev–Trinajstić information content (AvgIpc) is 2.58. The number of ketones is 1. The van der Waals surface area contributed by atoms with Crippen LogP contribution >= 0.6 is 0 Å². The molecule has 5 nitrogen and oxygen atoms in total. The molecule has 0 saturated carbocycles. The summed E-state index contributed by atoms with van der Waals surface area (Å²) in [6, 6.07) is 9.39. The van der Waals surface area contributed by atoms with Crippen LogP contribution in [0, 0.1) is 11.8 Å². The van der Waals surface area contributed by atoms with Crippen molar-refractivity contribution in [2.75, 3.05) is 13.2 Å². The van der Waals surface area contributed by atoms with Crippen molar-refractivity contribution < 1.29 is 23.9 Å². The van der Waals surface area contributed by atoms with Crippen LogP contribution in [-0.2, 0) is 23.9 Å². The highest BCUT2D eigenvalue weighted by molar-refractivity contribution is 6.17. The molecule has 0 radical (unpaired) electrons. The lowest BCUT2D eigenvalue weighted by Gasteiger charge is -2.05. The summed E-state index contributed by atoms with van der Waals surface area (Å²) in [6.45, 7) is 3.43. The smallest absolute Gasteiger partial charge is 0.345 e. The molecule has 0 unspecified atom stereocenters. The zero-order valence-corrected chi connectivity index (χ0v) is 13.8. The molecule has 0 aromatic heterocycles. The Bertz CT molecular complexity index is 642. The molecule has 0 N–H and O–H groups in total. The third kappa shape index (κ3) is 6.93. The van der Waals surface area contributed by atoms with Gasteiger partial charge in [0, 0.05) is 24.5 Å². The van der Waals surface area contributed by atoms with Crippen LogP contribution in [0.3, 0.4) is 0 Å². The summed E-state index contributed by atoms with van der Waals surface area (Å²) in [6.07, 6.45) is 1.39. The maximum absolute atomic E-state index is 11.9. The Balaban J connectivity index is 2.68. The third-order valence-electron chi connectivity index (χ3n) is 2.80. The maximum Gasteiger partial charge on any atom is 0.345 e. The number of benzene rings is 1. The van der Waals surface area contributed by atoms with E-state index in [1.165, 1.54) is 0 Å². The van der Waals surface area contributed by atoms with Gasteiger partial charge in [0.2, 0.25) is 0 Å². The fourth-order valence-electron chi connectivity index (χ4n) is 1.72. The Labute approximate surface area is 141 Å². The normalized spacial score (nSPS) is 9.25. The fraction of sp³-hybridized carbons (Fsp3) is 0.316. The number of esters is 2. The number of rotatable bonds is 7. The lowest BCUT2D eigenvalue weighted by molar-refractivity contribution is -0.146. The summed E-state index contributed by atoms with van der Waals surface area (Å²) < 4.78 is 9.54. The Morgan fingerprint density at radius 2 is 1.58 bits per heavy atom. The van der Waals surface area contributed by atoms with Crippen molar-refractivity contribution >= 4 is 17.7 Å². The van der Waals surface area contributed by atoms with E-state index in [1.807, 2.05) is 30.3 Å². The second-order valence-corrected chi connectivity index (χ2v) is 4.63. The van der Waals surface area contributed by atoms with E-state index in [0.717, 1.165) is 11.6 Å². The van der Waals surface area contributed by atoms with Gasteiger partial charge in [-0.1, -0.05) is 30.0 Å². The SMILES string of the molecule is CCOC(=O)C(=CC(=O)CCC#Cc1ccccc1)C(=O)OCC. The molecule has 0 saturated heterocycles. The van der Waals surface area contributed by atoms with E-state index in [9.17, 15) is 14.4 Å². The van der Waals surface area contributed by atoms with Crippen LogP contribution in [0.5, 0.6) is 0 Å². The van der Waals surface area contributed by atoms with Crippen LogP contribution < -0.4 is 0 Å². The first-order valence-corrected chi connectivity index (χ1v) is 7.71. The predicted molar refractivity (Wildman–Crippen MR) is 88.9 cm³/mol. The Morgan fingerprint density at radius 1 is 1.00 bits per heavy atom. The van der Waals surface area contributed by atoms with Crippen molar-refractivity contribution in [3.8, 4) is 11.8 Å². The molecule has 1 aromatic rings. The van der Waals surface area contributed by atoms with E-state index in [-0.39, 0.29) is 31.0 Å². The standard InChI is InChI=1S/C19H20O5/c1-3-23-18(21)17(19(22)24-4-2)14-16(20)13-9-8-12-15-10-6-5-7-11-15/h5-7,10-11,14H,3-4,9,13H2,1-2H3. The molecule has 0 fully saturated rings. The predicted octanol–water partition coefficient (Wildman–Crippen LogP) is 2.44. The highest BCUT2D eigenvalue weighted by Crippen LogP contribution is 2.05. The van der Waals surface area contributed by atoms with E-state index < -0.39 is 11.9 Å². The van der Waals surface area contributed by atoms with Gasteiger partial charge in [-0.25, -0.2) is 9.59 Å². The molecule has 1 aromatic carbocycles. The Kier molecular flexibility index (Phi) is 8.62. The van der Waals surface area contributed by atoms with Crippen molar-refractivity contribution in [3.05, 3.63) is 47.5 Å². The van der Waals surface area contributed by atoms with Gasteiger partial charge >= 0.3 is 11.9 Å². The van der Waals surface area contributed by atoms with Crippen molar-refractivity contribution in [1.29, 1.82) is 0 Å². The monoisotopic (exact) mass is 328 g/mol. The van der Waals surface area contributed by atoms with E-state index in [1.54, 1.807) is 13.8 Å². The molecule has 0 amide bonds. The highest BCUT2D eigenvalue weighted by Gasteiger charge is 2.22. The molecule has 24 heavy (non-hydrogen) atoms. The molecule has 126 valence electrons. The first-order valence-electron chi connectivity index (χ1n) is 7.71. The highest BCUT2D eigenvalue weighted by atomic mass is 16.6. The largest absolute Gasteiger partial charge is 0.462 e. The summed E-state index contributed by atoms with van der Waals surface area (Å²) in [7, 11) is 0. The summed E-state index contributed by atoms with van der Waals surface area (Å²) in [5, 5.41) is 0. The van der Waals surface area contributed by atoms with Gasteiger partial charge in [-0.3, -0.25) is 4.79 Å². The molecule has 5 heteroatoms. The first kappa shape index (κ1) is 19.2. The van der Waals surface area contributed by atoms with Crippen LogP contribution in [0.25, 0.3) is 0 Å². The van der Waals surface area contributed by atoms with Gasteiger partial charge in [-0.05, 0) is 26.0 Å². The Morgan fingerprint density at radius 3 is 2.12 bits per heavy atom. The minimum absolute atomic E-state index is 0.0993. The molecular formula is C19H20O5. The molecule has 0 aliphatic carbocycles. The molecule has 0 bridgehead atoms. The first-order chi connectivity index (χ1) is 11.6. The van der Waals surface area contributed by atoms with Crippen LogP contribution in [0.1, 0.15) is 32.3 Å². The van der Waals surface area contributed by atoms with Crippen molar-refractivity contribution in [2.45, 2.75) is 26.7 Å². The minimum atomic E-state index is -0.861. The number of carbonyl (C=O) groups is 3. The molecular weight excluding hydrogens is 308 g/mol. The van der Waals surface area contributed by atoms with Gasteiger partial charge in [0.15, 0.2) is 5.78 Å². The minimum Gasteiger partial charge on any atom is -0.462 e. The van der Waals surface area contributed by atoms with E-state index in [4.69, 9.17) is 9.47 Å². The topological polar surface area (TPSA) is 69.7 Å². The second-order valence-electron chi connectivity index (χ2n) is 4.63. The molecule has 0 heterocycles. The summed E-state index contributed by atoms with van der Waals surface area (Å²) in [5.74, 6) is 3.71. The van der Waals surface area contributed by atoms with E-state index >= 15 is 0 Å². The quantitative estimate of drug-likeness (QED) is 0.253. The van der Waals surface area contributed by atoms with Gasteiger partial charge in [0.1, 0.15) is 5.57 Å². The second kappa shape index (κ2) is 10.8. The molecule has 0 aliphatic rings. The lowest BCUT2D eigenvalue weighted by atomic mass is 10.1. The fourth-order valence-corrected chi connectivity index (χ4v) is 1.72. The molecule has 0 spiro atoms. The van der Waals surface area contributed by atoms with Gasteiger partial charge in [0.25, 0.3) is 0 Å². The van der Waals surface area contributed by atoms with E-state index in [2.05, 4.69) is 11.8 Å². The third-order valence-corrected chi connectivity index (χ3v) is 2.80.